The van der Waals surface area contributed by atoms with Gasteiger partial charge in [-0.25, -0.2) is 4.39 Å². The van der Waals surface area contributed by atoms with Crippen LogP contribution < -0.4 is 4.74 Å². The Labute approximate surface area is 69.1 Å². The minimum atomic E-state index is -0.479. The monoisotopic (exact) mass is 169 g/mol. The molecule has 64 valence electrons. The van der Waals surface area contributed by atoms with Crippen LogP contribution in [0.3, 0.4) is 0 Å². The molecule has 0 saturated heterocycles. The number of hydrogen-bond donors (Lipinski definition) is 1. The molecule has 1 aromatic rings. The maximum Gasteiger partial charge on any atom is 0.135 e. The van der Waals surface area contributed by atoms with Gasteiger partial charge in [-0.3, -0.25) is 0 Å². The van der Waals surface area contributed by atoms with Crippen LogP contribution in [0.25, 0.3) is 0 Å². The fraction of sp³-hybridized carbons (Fsp3) is 0.125. The summed E-state index contributed by atoms with van der Waals surface area (Å²) in [6.07, 6.45) is 0.994. The van der Waals surface area contributed by atoms with Crippen LogP contribution in [0.1, 0.15) is 5.56 Å². The van der Waals surface area contributed by atoms with Crippen molar-refractivity contribution in [3.8, 4) is 5.75 Å². The van der Waals surface area contributed by atoms with Crippen molar-refractivity contribution in [1.82, 2.24) is 0 Å². The lowest BCUT2D eigenvalue weighted by molar-refractivity contribution is 0.321. The molecule has 0 spiro atoms. The molecule has 3 nitrogen and oxygen atoms in total. The van der Waals surface area contributed by atoms with E-state index in [0.717, 1.165) is 6.21 Å². The van der Waals surface area contributed by atoms with E-state index in [0.29, 0.717) is 5.75 Å². The lowest BCUT2D eigenvalue weighted by Crippen LogP contribution is -1.94. The number of ether oxygens (including phenoxy) is 1. The molecule has 1 aromatic carbocycles. The van der Waals surface area contributed by atoms with E-state index in [2.05, 4.69) is 5.16 Å². The Morgan fingerprint density at radius 1 is 1.58 bits per heavy atom. The summed E-state index contributed by atoms with van der Waals surface area (Å²) in [5.74, 6) is -0.139. The molecule has 0 heterocycles. The highest BCUT2D eigenvalue weighted by molar-refractivity contribution is 5.83. The second kappa shape index (κ2) is 3.71. The third-order valence-corrected chi connectivity index (χ3v) is 1.42. The standard InChI is InChI=1S/C8H8FNO2/c1-12-8-4-2-3-7(9)6(8)5-10-11/h2-5,11H,1H3/b10-5-. The van der Waals surface area contributed by atoms with Crippen LogP contribution in [0, 0.1) is 5.82 Å². The number of hydrogen-bond acceptors (Lipinski definition) is 3. The number of benzene rings is 1. The van der Waals surface area contributed by atoms with Crippen LogP contribution in [0.2, 0.25) is 0 Å². The number of methoxy groups -OCH3 is 1. The zero-order chi connectivity index (χ0) is 8.97. The maximum absolute atomic E-state index is 12.9. The van der Waals surface area contributed by atoms with Crippen LogP contribution in [-0.2, 0) is 0 Å². The Kier molecular flexibility index (Phi) is 2.63. The Morgan fingerprint density at radius 2 is 2.33 bits per heavy atom. The second-order valence-electron chi connectivity index (χ2n) is 2.10. The highest BCUT2D eigenvalue weighted by atomic mass is 19.1. The molecule has 0 aliphatic heterocycles. The molecular formula is C8H8FNO2. The van der Waals surface area contributed by atoms with Gasteiger partial charge in [-0.1, -0.05) is 11.2 Å². The zero-order valence-corrected chi connectivity index (χ0v) is 6.49. The molecule has 12 heavy (non-hydrogen) atoms. The van der Waals surface area contributed by atoms with Crippen molar-refractivity contribution in [2.45, 2.75) is 0 Å². The third kappa shape index (κ3) is 1.53. The van der Waals surface area contributed by atoms with Gasteiger partial charge in [-0.2, -0.15) is 0 Å². The summed E-state index contributed by atoms with van der Waals surface area (Å²) in [4.78, 5) is 0. The predicted octanol–water partition coefficient (Wildman–Crippen LogP) is 1.64. The highest BCUT2D eigenvalue weighted by Crippen LogP contribution is 2.18. The van der Waals surface area contributed by atoms with E-state index in [1.807, 2.05) is 0 Å². The first kappa shape index (κ1) is 8.52. The van der Waals surface area contributed by atoms with Crippen molar-refractivity contribution >= 4 is 6.21 Å². The van der Waals surface area contributed by atoms with Crippen LogP contribution in [0.4, 0.5) is 4.39 Å². The maximum atomic E-state index is 12.9. The fourth-order valence-corrected chi connectivity index (χ4v) is 0.878. The molecule has 4 heteroatoms. The Hall–Kier alpha value is -1.58. The quantitative estimate of drug-likeness (QED) is 0.415. The summed E-state index contributed by atoms with van der Waals surface area (Å²) in [5, 5.41) is 10.9. The Morgan fingerprint density at radius 3 is 2.92 bits per heavy atom. The summed E-state index contributed by atoms with van der Waals surface area (Å²) in [5.41, 5.74) is 0.141. The van der Waals surface area contributed by atoms with Gasteiger partial charge in [0.15, 0.2) is 0 Å². The smallest absolute Gasteiger partial charge is 0.135 e. The van der Waals surface area contributed by atoms with Crippen LogP contribution in [0.5, 0.6) is 5.75 Å². The lowest BCUT2D eigenvalue weighted by Gasteiger charge is -2.03. The summed E-state index contributed by atoms with van der Waals surface area (Å²) >= 11 is 0. The largest absolute Gasteiger partial charge is 0.496 e. The van der Waals surface area contributed by atoms with Gasteiger partial charge in [0.1, 0.15) is 11.6 Å². The van der Waals surface area contributed by atoms with Crippen molar-refractivity contribution < 1.29 is 14.3 Å². The van der Waals surface area contributed by atoms with Gasteiger partial charge in [0.05, 0.1) is 18.9 Å². The molecule has 1 rings (SSSR count). The van der Waals surface area contributed by atoms with Gasteiger partial charge in [0.25, 0.3) is 0 Å². The Bertz CT molecular complexity index is 299. The van der Waals surface area contributed by atoms with Gasteiger partial charge in [0.2, 0.25) is 0 Å². The molecule has 0 saturated carbocycles. The number of halogens is 1. The molecular weight excluding hydrogens is 161 g/mol. The van der Waals surface area contributed by atoms with Gasteiger partial charge in [-0.05, 0) is 12.1 Å². The molecule has 0 fully saturated rings. The Balaban J connectivity index is 3.19. The molecule has 0 aliphatic carbocycles. The summed E-state index contributed by atoms with van der Waals surface area (Å²) in [6.45, 7) is 0. The van der Waals surface area contributed by atoms with E-state index in [9.17, 15) is 4.39 Å². The molecule has 1 N–H and O–H groups in total. The fourth-order valence-electron chi connectivity index (χ4n) is 0.878. The van der Waals surface area contributed by atoms with E-state index < -0.39 is 5.82 Å². The van der Waals surface area contributed by atoms with Crippen molar-refractivity contribution in [2.24, 2.45) is 5.16 Å². The second-order valence-corrected chi connectivity index (χ2v) is 2.10. The van der Waals surface area contributed by atoms with Crippen molar-refractivity contribution in [2.75, 3.05) is 7.11 Å². The van der Waals surface area contributed by atoms with Crippen molar-refractivity contribution in [3.05, 3.63) is 29.6 Å². The third-order valence-electron chi connectivity index (χ3n) is 1.42. The number of oxime groups is 1. The normalized spacial score (nSPS) is 10.5. The van der Waals surface area contributed by atoms with Crippen molar-refractivity contribution in [3.63, 3.8) is 0 Å². The van der Waals surface area contributed by atoms with Crippen LogP contribution in [0.15, 0.2) is 23.4 Å². The minimum absolute atomic E-state index is 0.141. The molecule has 0 amide bonds. The number of rotatable bonds is 2. The molecule has 0 bridgehead atoms. The van der Waals surface area contributed by atoms with Gasteiger partial charge in [-0.15, -0.1) is 0 Å². The molecule has 0 aromatic heterocycles. The first-order valence-electron chi connectivity index (χ1n) is 3.29. The average Bonchev–Trinajstić information content (AvgIpc) is 2.09. The summed E-state index contributed by atoms with van der Waals surface area (Å²) in [7, 11) is 1.42. The van der Waals surface area contributed by atoms with Gasteiger partial charge >= 0.3 is 0 Å². The molecule has 0 atom stereocenters. The summed E-state index contributed by atoms with van der Waals surface area (Å²) < 4.78 is 17.8. The molecule has 0 aliphatic rings. The average molecular weight is 169 g/mol. The summed E-state index contributed by atoms with van der Waals surface area (Å²) in [6, 6.07) is 4.36. The zero-order valence-electron chi connectivity index (χ0n) is 6.49. The van der Waals surface area contributed by atoms with Gasteiger partial charge in [0, 0.05) is 0 Å². The minimum Gasteiger partial charge on any atom is -0.496 e. The first-order valence-corrected chi connectivity index (χ1v) is 3.29. The molecule has 0 radical (unpaired) electrons. The van der Waals surface area contributed by atoms with Gasteiger partial charge < -0.3 is 9.94 Å². The van der Waals surface area contributed by atoms with E-state index in [1.165, 1.54) is 19.2 Å². The van der Waals surface area contributed by atoms with E-state index in [4.69, 9.17) is 9.94 Å². The predicted molar refractivity (Wildman–Crippen MR) is 42.3 cm³/mol. The SMILES string of the molecule is COc1cccc(F)c1/C=N\O. The first-order chi connectivity index (χ1) is 5.79. The van der Waals surface area contributed by atoms with Crippen LogP contribution in [-0.4, -0.2) is 18.5 Å². The van der Waals surface area contributed by atoms with E-state index in [-0.39, 0.29) is 5.56 Å². The van der Waals surface area contributed by atoms with E-state index in [1.54, 1.807) is 6.07 Å². The number of nitrogens with zero attached hydrogens (tertiary/aromatic N) is 1. The van der Waals surface area contributed by atoms with E-state index >= 15 is 0 Å². The van der Waals surface area contributed by atoms with Crippen LogP contribution >= 0.6 is 0 Å². The highest BCUT2D eigenvalue weighted by Gasteiger charge is 2.05. The topological polar surface area (TPSA) is 41.8 Å². The lowest BCUT2D eigenvalue weighted by atomic mass is 10.2. The molecule has 0 unspecified atom stereocenters. The van der Waals surface area contributed by atoms with Crippen molar-refractivity contribution in [1.29, 1.82) is 0 Å².